The molecule has 0 heterocycles. The molecule has 0 aliphatic carbocycles. The van der Waals surface area contributed by atoms with E-state index in [1.807, 2.05) is 0 Å². The highest BCUT2D eigenvalue weighted by Gasteiger charge is 2.72. The molecule has 0 bridgehead atoms. The number of alkyl halides is 7. The third kappa shape index (κ3) is 2.02. The first-order valence-electron chi connectivity index (χ1n) is 2.51. The van der Waals surface area contributed by atoms with Crippen LogP contribution in [0.1, 0.15) is 0 Å². The summed E-state index contributed by atoms with van der Waals surface area (Å²) < 4.78 is 91.7. The van der Waals surface area contributed by atoms with Gasteiger partial charge in [0.15, 0.2) is 0 Å². The zero-order valence-electron chi connectivity index (χ0n) is 5.52. The molecule has 0 saturated heterocycles. The van der Waals surface area contributed by atoms with E-state index < -0.39 is 18.0 Å². The van der Waals surface area contributed by atoms with E-state index in [1.54, 1.807) is 0 Å². The summed E-state index contributed by atoms with van der Waals surface area (Å²) in [4.78, 5) is 0. The van der Waals surface area contributed by atoms with Gasteiger partial charge in [-0.15, -0.1) is 4.39 Å². The molecule has 0 rings (SSSR count). The molecule has 0 fully saturated rings. The van der Waals surface area contributed by atoms with Gasteiger partial charge in [0.2, 0.25) is 0 Å². The predicted octanol–water partition coefficient (Wildman–Crippen LogP) is 2.75. The Labute approximate surface area is 66.5 Å². The van der Waals surface area contributed by atoms with Crippen molar-refractivity contribution >= 4 is 0 Å². The lowest BCUT2D eigenvalue weighted by Crippen LogP contribution is -2.51. The van der Waals surface area contributed by atoms with Gasteiger partial charge >= 0.3 is 18.0 Å². The van der Waals surface area contributed by atoms with Crippen LogP contribution in [0.2, 0.25) is 0 Å². The first-order chi connectivity index (χ1) is 5.56. The van der Waals surface area contributed by atoms with Gasteiger partial charge in [-0.3, -0.25) is 0 Å². The number of rotatable bonds is 1. The molecule has 0 N–H and O–H groups in total. The Morgan fingerprint density at radius 2 is 1.15 bits per heavy atom. The van der Waals surface area contributed by atoms with E-state index >= 15 is 0 Å². The van der Waals surface area contributed by atoms with E-state index in [9.17, 15) is 35.1 Å². The lowest BCUT2D eigenvalue weighted by atomic mass is 10.2. The SMILES string of the molecule is FC#CC(F)(F)C(F)(F)C(F)(F)F. The molecule has 0 aliphatic rings. The van der Waals surface area contributed by atoms with Crippen LogP contribution in [-0.4, -0.2) is 18.0 Å². The third-order valence-corrected chi connectivity index (χ3v) is 0.955. The summed E-state index contributed by atoms with van der Waals surface area (Å²) in [6.07, 6.45) is -6.67. The lowest BCUT2D eigenvalue weighted by molar-refractivity contribution is -0.339. The first-order valence-corrected chi connectivity index (χ1v) is 2.51. The Hall–Kier alpha value is -1.00. The maximum absolute atomic E-state index is 11.8. The minimum atomic E-state index is -6.47. The Bertz CT molecular complexity index is 237. The summed E-state index contributed by atoms with van der Waals surface area (Å²) in [6, 6.07) is 0. The maximum atomic E-state index is 11.8. The molecular formula is C5F8. The number of halogens is 8. The molecule has 0 atom stereocenters. The molecule has 8 heteroatoms. The zero-order chi connectivity index (χ0) is 10.9. The van der Waals surface area contributed by atoms with Crippen LogP contribution in [0.5, 0.6) is 0 Å². The maximum Gasteiger partial charge on any atom is 0.461 e. The highest BCUT2D eigenvalue weighted by atomic mass is 19.4. The first kappa shape index (κ1) is 12.0. The van der Waals surface area contributed by atoms with Crippen LogP contribution in [-0.2, 0) is 0 Å². The van der Waals surface area contributed by atoms with E-state index in [2.05, 4.69) is 0 Å². The predicted molar refractivity (Wildman–Crippen MR) is 24.8 cm³/mol. The van der Waals surface area contributed by atoms with Crippen LogP contribution in [0.15, 0.2) is 0 Å². The Kier molecular flexibility index (Phi) is 2.81. The van der Waals surface area contributed by atoms with Crippen molar-refractivity contribution in [3.05, 3.63) is 0 Å². The van der Waals surface area contributed by atoms with Gasteiger partial charge in [-0.1, -0.05) is 0 Å². The molecule has 0 saturated carbocycles. The smallest absolute Gasteiger partial charge is 0.188 e. The molecule has 0 spiro atoms. The van der Waals surface area contributed by atoms with Crippen LogP contribution < -0.4 is 0 Å². The summed E-state index contributed by atoms with van der Waals surface area (Å²) >= 11 is 0. The average Bonchev–Trinajstić information content (AvgIpc) is 1.84. The van der Waals surface area contributed by atoms with Crippen molar-refractivity contribution in [1.82, 2.24) is 0 Å². The largest absolute Gasteiger partial charge is 0.461 e. The molecule has 0 aromatic heterocycles. The average molecular weight is 212 g/mol. The molecule has 76 valence electrons. The summed E-state index contributed by atoms with van der Waals surface area (Å²) in [5.41, 5.74) is 0. The summed E-state index contributed by atoms with van der Waals surface area (Å²) in [7, 11) is 0. The zero-order valence-corrected chi connectivity index (χ0v) is 5.52. The third-order valence-electron chi connectivity index (χ3n) is 0.955. The molecule has 0 amide bonds. The quantitative estimate of drug-likeness (QED) is 0.463. The minimum absolute atomic E-state index is 0.151. The van der Waals surface area contributed by atoms with Crippen molar-refractivity contribution in [2.75, 3.05) is 0 Å². The van der Waals surface area contributed by atoms with Gasteiger partial charge in [0.05, 0.1) is 0 Å². The lowest BCUT2D eigenvalue weighted by Gasteiger charge is -2.23. The second-order valence-corrected chi connectivity index (χ2v) is 1.87. The molecule has 0 aromatic rings. The van der Waals surface area contributed by atoms with Crippen molar-refractivity contribution in [2.24, 2.45) is 0 Å². The molecule has 13 heavy (non-hydrogen) atoms. The van der Waals surface area contributed by atoms with Crippen LogP contribution in [0, 0.1) is 12.1 Å². The molecule has 0 nitrogen and oxygen atoms in total. The topological polar surface area (TPSA) is 0 Å². The summed E-state index contributed by atoms with van der Waals surface area (Å²) in [5, 5.41) is 0. The fraction of sp³-hybridized carbons (Fsp3) is 0.600. The van der Waals surface area contributed by atoms with Gasteiger partial charge < -0.3 is 0 Å². The van der Waals surface area contributed by atoms with Crippen LogP contribution >= 0.6 is 0 Å². The van der Waals surface area contributed by atoms with Gasteiger partial charge in [0.25, 0.3) is 0 Å². The van der Waals surface area contributed by atoms with Crippen molar-refractivity contribution in [3.8, 4) is 12.1 Å². The van der Waals surface area contributed by atoms with E-state index in [0.717, 1.165) is 0 Å². The minimum Gasteiger partial charge on any atom is -0.188 e. The summed E-state index contributed by atoms with van der Waals surface area (Å²) in [5.74, 6) is -12.3. The van der Waals surface area contributed by atoms with Crippen LogP contribution in [0.25, 0.3) is 0 Å². The van der Waals surface area contributed by atoms with Crippen molar-refractivity contribution < 1.29 is 35.1 Å². The van der Waals surface area contributed by atoms with E-state index in [1.165, 1.54) is 0 Å². The number of hydrogen-bond donors (Lipinski definition) is 0. The highest BCUT2D eigenvalue weighted by Crippen LogP contribution is 2.45. The van der Waals surface area contributed by atoms with Gasteiger partial charge in [-0.25, -0.2) is 0 Å². The molecule has 0 aliphatic heterocycles. The van der Waals surface area contributed by atoms with E-state index in [-0.39, 0.29) is 12.1 Å². The van der Waals surface area contributed by atoms with Crippen molar-refractivity contribution in [3.63, 3.8) is 0 Å². The normalized spacial score (nSPS) is 13.5. The van der Waals surface area contributed by atoms with Gasteiger partial charge in [0, 0.05) is 5.92 Å². The Morgan fingerprint density at radius 3 is 1.38 bits per heavy atom. The monoisotopic (exact) mass is 212 g/mol. The van der Waals surface area contributed by atoms with Gasteiger partial charge in [-0.05, 0) is 0 Å². The van der Waals surface area contributed by atoms with Crippen LogP contribution in [0.3, 0.4) is 0 Å². The van der Waals surface area contributed by atoms with E-state index in [0.29, 0.717) is 0 Å². The second-order valence-electron chi connectivity index (χ2n) is 1.87. The fourth-order valence-electron chi connectivity index (χ4n) is 0.316. The molecule has 0 unspecified atom stereocenters. The second kappa shape index (κ2) is 3.05. The standard InChI is InChI=1S/C5F8/c6-2-1-3(7,8)4(9,10)5(11,12)13. The summed E-state index contributed by atoms with van der Waals surface area (Å²) in [6.45, 7) is 0. The Balaban J connectivity index is 5.11. The van der Waals surface area contributed by atoms with Gasteiger partial charge in [0.1, 0.15) is 6.17 Å². The molecule has 0 radical (unpaired) electrons. The van der Waals surface area contributed by atoms with Gasteiger partial charge in [-0.2, -0.15) is 30.7 Å². The molecule has 0 aromatic carbocycles. The van der Waals surface area contributed by atoms with E-state index in [4.69, 9.17) is 0 Å². The van der Waals surface area contributed by atoms with Crippen molar-refractivity contribution in [2.45, 2.75) is 18.0 Å². The Morgan fingerprint density at radius 1 is 0.769 bits per heavy atom. The molecular weight excluding hydrogens is 212 g/mol. The fourth-order valence-corrected chi connectivity index (χ4v) is 0.316. The number of hydrogen-bond acceptors (Lipinski definition) is 0. The van der Waals surface area contributed by atoms with Crippen molar-refractivity contribution in [1.29, 1.82) is 0 Å². The highest BCUT2D eigenvalue weighted by molar-refractivity contribution is 5.13. The van der Waals surface area contributed by atoms with Crippen LogP contribution in [0.4, 0.5) is 35.1 Å².